The number of hydrogen-bond acceptors (Lipinski definition) is 3. The molecule has 0 fully saturated rings. The molecule has 3 nitrogen and oxygen atoms in total. The molecule has 15 heavy (non-hydrogen) atoms. The smallest absolute Gasteiger partial charge is 0.423 e. The van der Waals surface area contributed by atoms with Crippen LogP contribution in [0.3, 0.4) is 0 Å². The Morgan fingerprint density at radius 2 is 1.80 bits per heavy atom. The first kappa shape index (κ1) is 11.8. The van der Waals surface area contributed by atoms with Crippen molar-refractivity contribution < 1.29 is 32.3 Å². The van der Waals surface area contributed by atoms with Gasteiger partial charge in [-0.3, -0.25) is 0 Å². The normalized spacial score (nSPS) is 11.3. The van der Waals surface area contributed by atoms with Crippen molar-refractivity contribution in [1.82, 2.24) is 0 Å². The van der Waals surface area contributed by atoms with E-state index in [0.29, 0.717) is 6.07 Å². The average Bonchev–Trinajstić information content (AvgIpc) is 1.99. The monoisotopic (exact) mass is 224 g/mol. The Hall–Kier alpha value is -1.28. The van der Waals surface area contributed by atoms with Gasteiger partial charge in [-0.15, -0.1) is 13.2 Å². The van der Waals surface area contributed by atoms with Crippen molar-refractivity contribution >= 4 is 12.6 Å². The van der Waals surface area contributed by atoms with E-state index in [9.17, 15) is 17.6 Å². The molecule has 0 aromatic heterocycles. The predicted molar refractivity (Wildman–Crippen MR) is 42.9 cm³/mol. The van der Waals surface area contributed by atoms with E-state index in [1.54, 1.807) is 0 Å². The van der Waals surface area contributed by atoms with Crippen LogP contribution in [-0.4, -0.2) is 23.5 Å². The fourth-order valence-corrected chi connectivity index (χ4v) is 0.935. The molecular formula is C7H5BF4O3. The van der Waals surface area contributed by atoms with E-state index in [0.717, 1.165) is 12.1 Å². The molecule has 1 rings (SSSR count). The summed E-state index contributed by atoms with van der Waals surface area (Å²) in [5.74, 6) is -1.95. The van der Waals surface area contributed by atoms with Gasteiger partial charge < -0.3 is 14.8 Å². The Bertz CT molecular complexity index is 353. The molecule has 2 N–H and O–H groups in total. The van der Waals surface area contributed by atoms with Crippen molar-refractivity contribution in [3.63, 3.8) is 0 Å². The first-order chi connectivity index (χ1) is 6.79. The van der Waals surface area contributed by atoms with Crippen LogP contribution in [0, 0.1) is 5.82 Å². The highest BCUT2D eigenvalue weighted by Gasteiger charge is 2.33. The lowest BCUT2D eigenvalue weighted by Crippen LogP contribution is -2.33. The number of benzene rings is 1. The van der Waals surface area contributed by atoms with Crippen LogP contribution in [0.2, 0.25) is 0 Å². The maximum Gasteiger partial charge on any atom is 0.573 e. The topological polar surface area (TPSA) is 49.7 Å². The zero-order chi connectivity index (χ0) is 11.6. The van der Waals surface area contributed by atoms with E-state index in [-0.39, 0.29) is 0 Å². The van der Waals surface area contributed by atoms with Crippen LogP contribution in [0.5, 0.6) is 5.75 Å². The largest absolute Gasteiger partial charge is 0.573 e. The lowest BCUT2D eigenvalue weighted by Gasteiger charge is -2.12. The highest BCUT2D eigenvalue weighted by molar-refractivity contribution is 6.59. The summed E-state index contributed by atoms with van der Waals surface area (Å²) in [6.07, 6.45) is -5.02. The van der Waals surface area contributed by atoms with Gasteiger partial charge in [-0.2, -0.15) is 0 Å². The van der Waals surface area contributed by atoms with Crippen LogP contribution in [-0.2, 0) is 0 Å². The second kappa shape index (κ2) is 4.07. The van der Waals surface area contributed by atoms with Gasteiger partial charge in [-0.05, 0) is 6.07 Å². The molecule has 0 bridgehead atoms. The summed E-state index contributed by atoms with van der Waals surface area (Å²) in [4.78, 5) is 0. The van der Waals surface area contributed by atoms with E-state index in [2.05, 4.69) is 4.74 Å². The van der Waals surface area contributed by atoms with Gasteiger partial charge in [0.2, 0.25) is 0 Å². The van der Waals surface area contributed by atoms with E-state index in [1.165, 1.54) is 0 Å². The van der Waals surface area contributed by atoms with E-state index in [1.807, 2.05) is 0 Å². The molecule has 0 spiro atoms. The molecule has 0 atom stereocenters. The summed E-state index contributed by atoms with van der Waals surface area (Å²) in [5.41, 5.74) is -0.561. The minimum absolute atomic E-state index is 0.419. The molecule has 8 heteroatoms. The summed E-state index contributed by atoms with van der Waals surface area (Å²) >= 11 is 0. The van der Waals surface area contributed by atoms with Gasteiger partial charge in [0.05, 0.1) is 0 Å². The SMILES string of the molecule is OB(O)c1ccc(F)cc1OC(F)(F)F. The minimum Gasteiger partial charge on any atom is -0.423 e. The molecule has 0 aliphatic carbocycles. The first-order valence-corrected chi connectivity index (χ1v) is 3.71. The molecule has 0 saturated carbocycles. The van der Waals surface area contributed by atoms with Crippen LogP contribution >= 0.6 is 0 Å². The molecular weight excluding hydrogens is 219 g/mol. The molecule has 0 unspecified atom stereocenters. The van der Waals surface area contributed by atoms with Crippen molar-refractivity contribution in [2.75, 3.05) is 0 Å². The number of hydrogen-bond donors (Lipinski definition) is 2. The molecule has 0 aliphatic heterocycles. The van der Waals surface area contributed by atoms with Gasteiger partial charge in [0.1, 0.15) is 11.6 Å². The Morgan fingerprint density at radius 3 is 2.27 bits per heavy atom. The molecule has 0 aliphatic rings. The van der Waals surface area contributed by atoms with Crippen LogP contribution in [0.15, 0.2) is 18.2 Å². The lowest BCUT2D eigenvalue weighted by atomic mass is 9.79. The van der Waals surface area contributed by atoms with Crippen molar-refractivity contribution in [2.45, 2.75) is 6.36 Å². The Balaban J connectivity index is 3.08. The fourth-order valence-electron chi connectivity index (χ4n) is 0.935. The molecule has 0 amide bonds. The molecule has 0 radical (unpaired) electrons. The van der Waals surface area contributed by atoms with Crippen molar-refractivity contribution in [1.29, 1.82) is 0 Å². The predicted octanol–water partition coefficient (Wildman–Crippen LogP) is 0.404. The van der Waals surface area contributed by atoms with Crippen molar-refractivity contribution in [2.24, 2.45) is 0 Å². The third kappa shape index (κ3) is 3.41. The van der Waals surface area contributed by atoms with Crippen molar-refractivity contribution in [3.05, 3.63) is 24.0 Å². The standard InChI is InChI=1S/C7H5BF4O3/c9-4-1-2-5(8(13)14)6(3-4)15-7(10,11)12/h1-3,13-14H. The molecule has 1 aromatic rings. The zero-order valence-electron chi connectivity index (χ0n) is 7.12. The molecule has 82 valence electrons. The second-order valence-electron chi connectivity index (χ2n) is 2.60. The first-order valence-electron chi connectivity index (χ1n) is 3.71. The Labute approximate surface area is 82.1 Å². The van der Waals surface area contributed by atoms with Gasteiger partial charge in [-0.25, -0.2) is 4.39 Å². The second-order valence-corrected chi connectivity index (χ2v) is 2.60. The molecule has 1 aromatic carbocycles. The Kier molecular flexibility index (Phi) is 3.20. The highest BCUT2D eigenvalue weighted by atomic mass is 19.4. The fraction of sp³-hybridized carbons (Fsp3) is 0.143. The van der Waals surface area contributed by atoms with Crippen LogP contribution in [0.25, 0.3) is 0 Å². The maximum absolute atomic E-state index is 12.6. The quantitative estimate of drug-likeness (QED) is 0.564. The van der Waals surface area contributed by atoms with E-state index >= 15 is 0 Å². The van der Waals surface area contributed by atoms with E-state index < -0.39 is 30.5 Å². The number of ether oxygens (including phenoxy) is 1. The number of alkyl halides is 3. The summed E-state index contributed by atoms with van der Waals surface area (Å²) in [7, 11) is -2.16. The summed E-state index contributed by atoms with van der Waals surface area (Å²) < 4.78 is 51.4. The van der Waals surface area contributed by atoms with Crippen LogP contribution < -0.4 is 10.2 Å². The average molecular weight is 224 g/mol. The highest BCUT2D eigenvalue weighted by Crippen LogP contribution is 2.21. The Morgan fingerprint density at radius 1 is 1.20 bits per heavy atom. The molecule has 0 saturated heterocycles. The van der Waals surface area contributed by atoms with Gasteiger partial charge in [-0.1, -0.05) is 6.07 Å². The summed E-state index contributed by atoms with van der Waals surface area (Å²) in [5, 5.41) is 17.4. The third-order valence-corrected chi connectivity index (χ3v) is 1.48. The third-order valence-electron chi connectivity index (χ3n) is 1.48. The summed E-state index contributed by atoms with van der Waals surface area (Å²) in [6.45, 7) is 0. The molecule has 0 heterocycles. The maximum atomic E-state index is 12.6. The zero-order valence-corrected chi connectivity index (χ0v) is 7.12. The number of halogens is 4. The minimum atomic E-state index is -5.02. The van der Waals surface area contributed by atoms with Crippen LogP contribution in [0.4, 0.5) is 17.6 Å². The van der Waals surface area contributed by atoms with Gasteiger partial charge in [0.15, 0.2) is 0 Å². The van der Waals surface area contributed by atoms with Crippen LogP contribution in [0.1, 0.15) is 0 Å². The number of rotatable bonds is 2. The van der Waals surface area contributed by atoms with Gasteiger partial charge >= 0.3 is 13.5 Å². The van der Waals surface area contributed by atoms with Crippen molar-refractivity contribution in [3.8, 4) is 5.75 Å². The van der Waals surface area contributed by atoms with E-state index in [4.69, 9.17) is 10.0 Å². The van der Waals surface area contributed by atoms with Gasteiger partial charge in [0, 0.05) is 11.5 Å². The summed E-state index contributed by atoms with van der Waals surface area (Å²) in [6, 6.07) is 2.00. The van der Waals surface area contributed by atoms with Gasteiger partial charge in [0.25, 0.3) is 0 Å². The lowest BCUT2D eigenvalue weighted by molar-refractivity contribution is -0.274.